The molecule has 2 heterocycles. The number of benzene rings is 2. The van der Waals surface area contributed by atoms with E-state index in [1.54, 1.807) is 38.5 Å². The third-order valence-corrected chi connectivity index (χ3v) is 5.22. The van der Waals surface area contributed by atoms with Crippen molar-refractivity contribution in [2.24, 2.45) is 0 Å². The van der Waals surface area contributed by atoms with E-state index in [-0.39, 0.29) is 5.56 Å². The number of thiazole rings is 1. The van der Waals surface area contributed by atoms with Crippen molar-refractivity contribution in [2.45, 2.75) is 0 Å². The van der Waals surface area contributed by atoms with Gasteiger partial charge in [0, 0.05) is 22.2 Å². The molecule has 0 unspecified atom stereocenters. The minimum atomic E-state index is -0.222. The Morgan fingerprint density at radius 1 is 1.11 bits per heavy atom. The van der Waals surface area contributed by atoms with Crippen LogP contribution in [-0.2, 0) is 0 Å². The predicted octanol–water partition coefficient (Wildman–Crippen LogP) is 3.04. The molecule has 8 heteroatoms. The number of hydrogen-bond acceptors (Lipinski definition) is 6. The Bertz CT molecular complexity index is 1230. The van der Waals surface area contributed by atoms with E-state index < -0.39 is 0 Å². The molecule has 0 aliphatic carbocycles. The van der Waals surface area contributed by atoms with Crippen molar-refractivity contribution in [3.05, 3.63) is 67.9 Å². The lowest BCUT2D eigenvalue weighted by molar-refractivity contribution is 0.393. The highest BCUT2D eigenvalue weighted by Crippen LogP contribution is 2.25. The summed E-state index contributed by atoms with van der Waals surface area (Å²) in [5, 5.41) is 4.97. The number of methoxy groups -OCH3 is 2. The summed E-state index contributed by atoms with van der Waals surface area (Å²) < 4.78 is 12.4. The van der Waals surface area contributed by atoms with Crippen LogP contribution in [0.15, 0.2) is 47.3 Å². The van der Waals surface area contributed by atoms with E-state index in [1.807, 2.05) is 24.3 Å². The summed E-state index contributed by atoms with van der Waals surface area (Å²) in [6.45, 7) is 0. The standard InChI is InChI=1S/C19H14ClN3O3S/c1-25-14-8-5-12(15(10-14)26-2)9-16-18(24)23-19(27-16)21-17(22-23)11-3-6-13(20)7-4-11/h3-10H,1-2H3/b16-9+. The van der Waals surface area contributed by atoms with E-state index >= 15 is 0 Å². The fraction of sp³-hybridized carbons (Fsp3) is 0.105. The monoisotopic (exact) mass is 399 g/mol. The van der Waals surface area contributed by atoms with Gasteiger partial charge in [-0.3, -0.25) is 4.79 Å². The smallest absolute Gasteiger partial charge is 0.291 e. The van der Waals surface area contributed by atoms with Gasteiger partial charge in [-0.15, -0.1) is 5.10 Å². The normalized spacial score (nSPS) is 11.9. The summed E-state index contributed by atoms with van der Waals surface area (Å²) in [5.41, 5.74) is 1.36. The van der Waals surface area contributed by atoms with E-state index in [0.717, 1.165) is 11.1 Å². The first-order valence-corrected chi connectivity index (χ1v) is 9.18. The third kappa shape index (κ3) is 3.27. The second-order valence-electron chi connectivity index (χ2n) is 5.66. The van der Waals surface area contributed by atoms with E-state index in [1.165, 1.54) is 15.9 Å². The van der Waals surface area contributed by atoms with Gasteiger partial charge in [-0.2, -0.15) is 9.50 Å². The van der Waals surface area contributed by atoms with Crippen molar-refractivity contribution in [2.75, 3.05) is 14.2 Å². The van der Waals surface area contributed by atoms with Crippen LogP contribution in [0, 0.1) is 0 Å². The molecular formula is C19H14ClN3O3S. The van der Waals surface area contributed by atoms with E-state index in [9.17, 15) is 4.79 Å². The van der Waals surface area contributed by atoms with Gasteiger partial charge in [0.2, 0.25) is 4.96 Å². The number of rotatable bonds is 4. The molecule has 2 aromatic heterocycles. The first-order chi connectivity index (χ1) is 13.1. The molecule has 4 rings (SSSR count). The lowest BCUT2D eigenvalue weighted by atomic mass is 10.2. The lowest BCUT2D eigenvalue weighted by Gasteiger charge is -2.06. The number of aromatic nitrogens is 3. The largest absolute Gasteiger partial charge is 0.497 e. The Labute approximate surface area is 163 Å². The van der Waals surface area contributed by atoms with Gasteiger partial charge in [-0.1, -0.05) is 22.9 Å². The highest BCUT2D eigenvalue weighted by atomic mass is 35.5. The van der Waals surface area contributed by atoms with Crippen LogP contribution in [0.2, 0.25) is 5.02 Å². The topological polar surface area (TPSA) is 65.7 Å². The van der Waals surface area contributed by atoms with Crippen molar-refractivity contribution in [1.29, 1.82) is 0 Å². The van der Waals surface area contributed by atoms with Gasteiger partial charge in [0.25, 0.3) is 5.56 Å². The molecule has 136 valence electrons. The quantitative estimate of drug-likeness (QED) is 0.527. The zero-order valence-corrected chi connectivity index (χ0v) is 16.0. The average Bonchev–Trinajstić information content (AvgIpc) is 3.22. The SMILES string of the molecule is COc1ccc(/C=c2/sc3nc(-c4ccc(Cl)cc4)nn3c2=O)c(OC)c1. The molecule has 4 aromatic rings. The molecule has 0 N–H and O–H groups in total. The van der Waals surface area contributed by atoms with Crippen LogP contribution in [0.5, 0.6) is 11.5 Å². The van der Waals surface area contributed by atoms with Crippen LogP contribution in [0.25, 0.3) is 22.4 Å². The summed E-state index contributed by atoms with van der Waals surface area (Å²) >= 11 is 7.18. The molecule has 0 amide bonds. The van der Waals surface area contributed by atoms with Gasteiger partial charge in [0.05, 0.1) is 18.8 Å². The van der Waals surface area contributed by atoms with Crippen molar-refractivity contribution >= 4 is 34.0 Å². The van der Waals surface area contributed by atoms with Gasteiger partial charge < -0.3 is 9.47 Å². The van der Waals surface area contributed by atoms with Crippen LogP contribution in [-0.4, -0.2) is 28.8 Å². The van der Waals surface area contributed by atoms with Gasteiger partial charge >= 0.3 is 0 Å². The fourth-order valence-electron chi connectivity index (χ4n) is 2.63. The molecule has 0 spiro atoms. The maximum absolute atomic E-state index is 12.7. The highest BCUT2D eigenvalue weighted by molar-refractivity contribution is 7.15. The number of fused-ring (bicyclic) bond motifs is 1. The van der Waals surface area contributed by atoms with Gasteiger partial charge in [0.15, 0.2) is 5.82 Å². The molecule has 27 heavy (non-hydrogen) atoms. The molecular weight excluding hydrogens is 386 g/mol. The molecule has 0 fully saturated rings. The van der Waals surface area contributed by atoms with Crippen LogP contribution in [0.4, 0.5) is 0 Å². The van der Waals surface area contributed by atoms with Crippen LogP contribution in [0.1, 0.15) is 5.56 Å². The molecule has 0 saturated heterocycles. The zero-order valence-electron chi connectivity index (χ0n) is 14.5. The summed E-state index contributed by atoms with van der Waals surface area (Å²) in [6.07, 6.45) is 1.77. The average molecular weight is 400 g/mol. The Morgan fingerprint density at radius 2 is 1.89 bits per heavy atom. The Hall–Kier alpha value is -2.90. The minimum absolute atomic E-state index is 0.222. The summed E-state index contributed by atoms with van der Waals surface area (Å²) in [4.78, 5) is 17.7. The summed E-state index contributed by atoms with van der Waals surface area (Å²) in [5.74, 6) is 1.79. The second kappa shape index (κ2) is 7.02. The maximum atomic E-state index is 12.7. The number of ether oxygens (including phenoxy) is 2. The number of nitrogens with zero attached hydrogens (tertiary/aromatic N) is 3. The number of halogens is 1. The molecule has 0 atom stereocenters. The molecule has 6 nitrogen and oxygen atoms in total. The summed E-state index contributed by atoms with van der Waals surface area (Å²) in [7, 11) is 3.16. The van der Waals surface area contributed by atoms with Gasteiger partial charge in [-0.05, 0) is 42.5 Å². The molecule has 0 bridgehead atoms. The van der Waals surface area contributed by atoms with Crippen LogP contribution >= 0.6 is 22.9 Å². The van der Waals surface area contributed by atoms with Crippen molar-refractivity contribution in [1.82, 2.24) is 14.6 Å². The maximum Gasteiger partial charge on any atom is 0.291 e. The van der Waals surface area contributed by atoms with Crippen molar-refractivity contribution in [3.63, 3.8) is 0 Å². The predicted molar refractivity (Wildman–Crippen MR) is 106 cm³/mol. The van der Waals surface area contributed by atoms with Gasteiger partial charge in [-0.25, -0.2) is 0 Å². The molecule has 0 aliphatic rings. The highest BCUT2D eigenvalue weighted by Gasteiger charge is 2.12. The zero-order chi connectivity index (χ0) is 19.0. The van der Waals surface area contributed by atoms with E-state index in [4.69, 9.17) is 21.1 Å². The molecule has 0 saturated carbocycles. The Morgan fingerprint density at radius 3 is 2.56 bits per heavy atom. The molecule has 0 aliphatic heterocycles. The van der Waals surface area contributed by atoms with Crippen molar-refractivity contribution < 1.29 is 9.47 Å². The second-order valence-corrected chi connectivity index (χ2v) is 7.11. The first kappa shape index (κ1) is 17.5. The van der Waals surface area contributed by atoms with Crippen LogP contribution in [0.3, 0.4) is 0 Å². The first-order valence-electron chi connectivity index (χ1n) is 7.98. The molecule has 2 aromatic carbocycles. The lowest BCUT2D eigenvalue weighted by Crippen LogP contribution is -2.23. The van der Waals surface area contributed by atoms with Crippen molar-refractivity contribution in [3.8, 4) is 22.9 Å². The molecule has 0 radical (unpaired) electrons. The van der Waals surface area contributed by atoms with Gasteiger partial charge in [0.1, 0.15) is 11.5 Å². The fourth-order valence-corrected chi connectivity index (χ4v) is 3.66. The minimum Gasteiger partial charge on any atom is -0.497 e. The third-order valence-electron chi connectivity index (χ3n) is 4.01. The Balaban J connectivity index is 1.79. The number of hydrogen-bond donors (Lipinski definition) is 0. The summed E-state index contributed by atoms with van der Waals surface area (Å²) in [6, 6.07) is 12.6. The van der Waals surface area contributed by atoms with E-state index in [0.29, 0.717) is 31.8 Å². The Kier molecular flexibility index (Phi) is 4.55. The van der Waals surface area contributed by atoms with E-state index in [2.05, 4.69) is 10.1 Å². The van der Waals surface area contributed by atoms with Crippen LogP contribution < -0.4 is 19.6 Å².